The second kappa shape index (κ2) is 6.98. The molecule has 1 unspecified atom stereocenters. The normalized spacial score (nSPS) is 22.6. The minimum atomic E-state index is 0.244. The molecule has 1 saturated heterocycles. The lowest BCUT2D eigenvalue weighted by Gasteiger charge is -2.28. The molecule has 82 valence electrons. The quantitative estimate of drug-likeness (QED) is 0.609. The van der Waals surface area contributed by atoms with Crippen LogP contribution in [0.3, 0.4) is 0 Å². The van der Waals surface area contributed by atoms with Gasteiger partial charge in [-0.15, -0.1) is 6.58 Å². The van der Waals surface area contributed by atoms with Crippen LogP contribution in [-0.2, 0) is 0 Å². The highest BCUT2D eigenvalue weighted by atomic mass is 16.3. The molecule has 0 amide bonds. The summed E-state index contributed by atoms with van der Waals surface area (Å²) in [6, 6.07) is 0. The molecule has 2 N–H and O–H groups in total. The Labute approximate surface area is 86.8 Å². The fourth-order valence-electron chi connectivity index (χ4n) is 2.03. The Hall–Kier alpha value is -0.380. The third kappa shape index (κ3) is 4.22. The largest absolute Gasteiger partial charge is 0.395 e. The Balaban J connectivity index is 2.25. The minimum Gasteiger partial charge on any atom is -0.395 e. The van der Waals surface area contributed by atoms with Crippen LogP contribution in [0.4, 0.5) is 0 Å². The Morgan fingerprint density at radius 3 is 3.00 bits per heavy atom. The number of hydrogen-bond donors (Lipinski definition) is 2. The molecule has 0 aromatic heterocycles. The molecule has 0 radical (unpaired) electrons. The maximum atomic E-state index is 8.90. The molecule has 1 rings (SSSR count). The molecule has 0 aliphatic carbocycles. The number of piperidine rings is 1. The van der Waals surface area contributed by atoms with Gasteiger partial charge in [-0.05, 0) is 31.8 Å². The van der Waals surface area contributed by atoms with E-state index in [0.29, 0.717) is 0 Å². The zero-order valence-corrected chi connectivity index (χ0v) is 8.91. The van der Waals surface area contributed by atoms with Crippen LogP contribution < -0.4 is 5.32 Å². The van der Waals surface area contributed by atoms with E-state index < -0.39 is 0 Å². The van der Waals surface area contributed by atoms with Gasteiger partial charge in [0, 0.05) is 19.6 Å². The average molecular weight is 198 g/mol. The Morgan fingerprint density at radius 1 is 1.57 bits per heavy atom. The zero-order valence-electron chi connectivity index (χ0n) is 8.91. The Bertz CT molecular complexity index is 155. The average Bonchev–Trinajstić information content (AvgIpc) is 2.20. The van der Waals surface area contributed by atoms with Gasteiger partial charge in [0.05, 0.1) is 6.61 Å². The standard InChI is InChI=1S/C11H22N2O/c1-2-6-13(7-8-14)10-11-4-3-5-12-9-11/h2,11-12,14H,1,3-10H2. The predicted octanol–water partition coefficient (Wildman–Crippen LogP) is 0.466. The highest BCUT2D eigenvalue weighted by Gasteiger charge is 2.15. The first-order valence-corrected chi connectivity index (χ1v) is 5.51. The fraction of sp³-hybridized carbons (Fsp3) is 0.818. The van der Waals surface area contributed by atoms with Crippen molar-refractivity contribution in [2.75, 3.05) is 39.3 Å². The second-order valence-corrected chi connectivity index (χ2v) is 3.98. The van der Waals surface area contributed by atoms with Crippen LogP contribution in [0, 0.1) is 5.92 Å². The van der Waals surface area contributed by atoms with Gasteiger partial charge in [0.25, 0.3) is 0 Å². The topological polar surface area (TPSA) is 35.5 Å². The molecule has 0 aromatic rings. The maximum Gasteiger partial charge on any atom is 0.0558 e. The van der Waals surface area contributed by atoms with E-state index in [1.165, 1.54) is 12.8 Å². The van der Waals surface area contributed by atoms with E-state index in [1.807, 2.05) is 6.08 Å². The van der Waals surface area contributed by atoms with E-state index in [-0.39, 0.29) is 6.61 Å². The van der Waals surface area contributed by atoms with Crippen LogP contribution in [0.25, 0.3) is 0 Å². The van der Waals surface area contributed by atoms with Crippen molar-refractivity contribution in [2.45, 2.75) is 12.8 Å². The fourth-order valence-corrected chi connectivity index (χ4v) is 2.03. The van der Waals surface area contributed by atoms with E-state index in [0.717, 1.165) is 38.6 Å². The first kappa shape index (κ1) is 11.7. The van der Waals surface area contributed by atoms with Gasteiger partial charge in [-0.2, -0.15) is 0 Å². The Morgan fingerprint density at radius 2 is 2.43 bits per heavy atom. The third-order valence-electron chi connectivity index (χ3n) is 2.72. The van der Waals surface area contributed by atoms with Crippen LogP contribution >= 0.6 is 0 Å². The van der Waals surface area contributed by atoms with Gasteiger partial charge in [0.2, 0.25) is 0 Å². The summed E-state index contributed by atoms with van der Waals surface area (Å²) in [7, 11) is 0. The van der Waals surface area contributed by atoms with E-state index in [1.54, 1.807) is 0 Å². The molecule has 3 nitrogen and oxygen atoms in total. The van der Waals surface area contributed by atoms with Crippen LogP contribution in [0.1, 0.15) is 12.8 Å². The molecular formula is C11H22N2O. The van der Waals surface area contributed by atoms with Gasteiger partial charge in [-0.1, -0.05) is 6.08 Å². The van der Waals surface area contributed by atoms with E-state index >= 15 is 0 Å². The summed E-state index contributed by atoms with van der Waals surface area (Å²) in [5, 5.41) is 12.3. The van der Waals surface area contributed by atoms with Gasteiger partial charge in [-0.3, -0.25) is 4.90 Å². The molecule has 1 heterocycles. The highest BCUT2D eigenvalue weighted by Crippen LogP contribution is 2.11. The summed E-state index contributed by atoms with van der Waals surface area (Å²) in [5.41, 5.74) is 0. The summed E-state index contributed by atoms with van der Waals surface area (Å²) in [4.78, 5) is 2.27. The Kier molecular flexibility index (Phi) is 5.83. The third-order valence-corrected chi connectivity index (χ3v) is 2.72. The smallest absolute Gasteiger partial charge is 0.0558 e. The van der Waals surface area contributed by atoms with Gasteiger partial charge in [0.1, 0.15) is 0 Å². The molecule has 0 spiro atoms. The van der Waals surface area contributed by atoms with Crippen LogP contribution in [0.15, 0.2) is 12.7 Å². The summed E-state index contributed by atoms with van der Waals surface area (Å²) in [6.45, 7) is 9.00. The first-order chi connectivity index (χ1) is 6.86. The lowest BCUT2D eigenvalue weighted by atomic mass is 9.99. The molecule has 1 aliphatic rings. The van der Waals surface area contributed by atoms with E-state index in [4.69, 9.17) is 5.11 Å². The van der Waals surface area contributed by atoms with Crippen LogP contribution in [0.2, 0.25) is 0 Å². The molecule has 14 heavy (non-hydrogen) atoms. The second-order valence-electron chi connectivity index (χ2n) is 3.98. The monoisotopic (exact) mass is 198 g/mol. The molecule has 1 atom stereocenters. The van der Waals surface area contributed by atoms with Crippen molar-refractivity contribution in [1.29, 1.82) is 0 Å². The minimum absolute atomic E-state index is 0.244. The number of aliphatic hydroxyl groups is 1. The van der Waals surface area contributed by atoms with Crippen molar-refractivity contribution >= 4 is 0 Å². The number of aliphatic hydroxyl groups excluding tert-OH is 1. The molecular weight excluding hydrogens is 176 g/mol. The molecule has 3 heteroatoms. The van der Waals surface area contributed by atoms with E-state index in [2.05, 4.69) is 16.8 Å². The van der Waals surface area contributed by atoms with Crippen molar-refractivity contribution < 1.29 is 5.11 Å². The van der Waals surface area contributed by atoms with Crippen molar-refractivity contribution in [3.05, 3.63) is 12.7 Å². The number of rotatable bonds is 6. The summed E-state index contributed by atoms with van der Waals surface area (Å²) in [6.07, 6.45) is 4.50. The van der Waals surface area contributed by atoms with Crippen molar-refractivity contribution in [3.63, 3.8) is 0 Å². The predicted molar refractivity (Wildman–Crippen MR) is 59.3 cm³/mol. The van der Waals surface area contributed by atoms with Gasteiger partial charge >= 0.3 is 0 Å². The number of nitrogens with zero attached hydrogens (tertiary/aromatic N) is 1. The molecule has 1 fully saturated rings. The SMILES string of the molecule is C=CCN(CCO)CC1CCCNC1. The van der Waals surface area contributed by atoms with Crippen molar-refractivity contribution in [3.8, 4) is 0 Å². The summed E-state index contributed by atoms with van der Waals surface area (Å²) in [5.74, 6) is 0.746. The number of nitrogens with one attached hydrogen (secondary N) is 1. The summed E-state index contributed by atoms with van der Waals surface area (Å²) < 4.78 is 0. The van der Waals surface area contributed by atoms with Gasteiger partial charge < -0.3 is 10.4 Å². The van der Waals surface area contributed by atoms with Gasteiger partial charge in [-0.25, -0.2) is 0 Å². The first-order valence-electron chi connectivity index (χ1n) is 5.51. The van der Waals surface area contributed by atoms with Crippen molar-refractivity contribution in [2.24, 2.45) is 5.92 Å². The highest BCUT2D eigenvalue weighted by molar-refractivity contribution is 4.78. The molecule has 0 saturated carbocycles. The van der Waals surface area contributed by atoms with Crippen molar-refractivity contribution in [1.82, 2.24) is 10.2 Å². The van der Waals surface area contributed by atoms with Gasteiger partial charge in [0.15, 0.2) is 0 Å². The maximum absolute atomic E-state index is 8.90. The zero-order chi connectivity index (χ0) is 10.2. The summed E-state index contributed by atoms with van der Waals surface area (Å²) >= 11 is 0. The number of hydrogen-bond acceptors (Lipinski definition) is 3. The van der Waals surface area contributed by atoms with E-state index in [9.17, 15) is 0 Å². The lowest BCUT2D eigenvalue weighted by Crippen LogP contribution is -2.39. The lowest BCUT2D eigenvalue weighted by molar-refractivity contribution is 0.177. The molecule has 0 aromatic carbocycles. The molecule has 0 bridgehead atoms. The van der Waals surface area contributed by atoms with Crippen LogP contribution in [0.5, 0.6) is 0 Å². The molecule has 1 aliphatic heterocycles. The van der Waals surface area contributed by atoms with Crippen LogP contribution in [-0.4, -0.2) is 49.3 Å².